The lowest BCUT2D eigenvalue weighted by molar-refractivity contribution is 0.624. The highest BCUT2D eigenvalue weighted by Gasteiger charge is 2.15. The monoisotopic (exact) mass is 340 g/mol. The molecule has 19 heavy (non-hydrogen) atoms. The zero-order valence-electron chi connectivity index (χ0n) is 10.9. The molecule has 2 aromatic carbocycles. The van der Waals surface area contributed by atoms with E-state index >= 15 is 0 Å². The summed E-state index contributed by atoms with van der Waals surface area (Å²) in [7, 11) is 0. The van der Waals surface area contributed by atoms with Crippen LogP contribution in [0.3, 0.4) is 0 Å². The standard InChI is InChI=1S/C16H15BrClF/c1-10-7-14(19)8-11(2)16(10)15(17)9-12-3-5-13(18)6-4-12/h3-8,15H,9H2,1-2H3. The molecule has 2 rings (SSSR count). The Balaban J connectivity index is 2.25. The first-order valence-corrected chi connectivity index (χ1v) is 7.42. The van der Waals surface area contributed by atoms with Gasteiger partial charge in [0.25, 0.3) is 0 Å². The maximum atomic E-state index is 13.3. The molecule has 0 spiro atoms. The summed E-state index contributed by atoms with van der Waals surface area (Å²) < 4.78 is 13.3. The van der Waals surface area contributed by atoms with Gasteiger partial charge in [0.1, 0.15) is 5.82 Å². The summed E-state index contributed by atoms with van der Waals surface area (Å²) in [5.41, 5.74) is 4.33. The Kier molecular flexibility index (Phi) is 4.64. The Labute approximate surface area is 126 Å². The topological polar surface area (TPSA) is 0 Å². The fourth-order valence-corrected chi connectivity index (χ4v) is 3.57. The second kappa shape index (κ2) is 6.06. The van der Waals surface area contributed by atoms with Crippen LogP contribution in [0.15, 0.2) is 36.4 Å². The van der Waals surface area contributed by atoms with Gasteiger partial charge in [-0.25, -0.2) is 4.39 Å². The summed E-state index contributed by atoms with van der Waals surface area (Å²) >= 11 is 9.59. The molecule has 0 aliphatic carbocycles. The Bertz CT molecular complexity index is 555. The average Bonchev–Trinajstić information content (AvgIpc) is 2.30. The lowest BCUT2D eigenvalue weighted by Gasteiger charge is -2.16. The summed E-state index contributed by atoms with van der Waals surface area (Å²) in [4.78, 5) is 0.175. The van der Waals surface area contributed by atoms with E-state index in [9.17, 15) is 4.39 Å². The number of rotatable bonds is 3. The first-order valence-electron chi connectivity index (χ1n) is 6.12. The molecule has 0 fully saturated rings. The SMILES string of the molecule is Cc1cc(F)cc(C)c1C(Br)Cc1ccc(Cl)cc1. The number of aryl methyl sites for hydroxylation is 2. The molecule has 0 heterocycles. The molecule has 0 radical (unpaired) electrons. The molecule has 1 unspecified atom stereocenters. The zero-order chi connectivity index (χ0) is 14.0. The van der Waals surface area contributed by atoms with Crippen LogP contribution in [-0.2, 0) is 6.42 Å². The minimum atomic E-state index is -0.176. The second-order valence-corrected chi connectivity index (χ2v) is 6.29. The van der Waals surface area contributed by atoms with E-state index in [0.29, 0.717) is 0 Å². The molecule has 3 heteroatoms. The van der Waals surface area contributed by atoms with E-state index in [2.05, 4.69) is 15.9 Å². The fraction of sp³-hybridized carbons (Fsp3) is 0.250. The highest BCUT2D eigenvalue weighted by atomic mass is 79.9. The van der Waals surface area contributed by atoms with Crippen molar-refractivity contribution in [3.63, 3.8) is 0 Å². The highest BCUT2D eigenvalue weighted by Crippen LogP contribution is 2.32. The summed E-state index contributed by atoms with van der Waals surface area (Å²) in [5.74, 6) is -0.176. The minimum absolute atomic E-state index is 0.175. The van der Waals surface area contributed by atoms with Crippen LogP contribution < -0.4 is 0 Å². The van der Waals surface area contributed by atoms with Gasteiger partial charge in [0.2, 0.25) is 0 Å². The van der Waals surface area contributed by atoms with E-state index in [0.717, 1.165) is 28.1 Å². The molecule has 1 atom stereocenters. The average molecular weight is 342 g/mol. The van der Waals surface area contributed by atoms with E-state index in [1.165, 1.54) is 5.56 Å². The van der Waals surface area contributed by atoms with Gasteiger partial charge in [-0.2, -0.15) is 0 Å². The highest BCUT2D eigenvalue weighted by molar-refractivity contribution is 9.09. The first-order chi connectivity index (χ1) is 8.97. The molecular formula is C16H15BrClF. The Morgan fingerprint density at radius 1 is 1.11 bits per heavy atom. The van der Waals surface area contributed by atoms with Gasteiger partial charge in [0, 0.05) is 9.85 Å². The van der Waals surface area contributed by atoms with Crippen molar-refractivity contribution in [1.29, 1.82) is 0 Å². The van der Waals surface area contributed by atoms with Gasteiger partial charge in [0.15, 0.2) is 0 Å². The van der Waals surface area contributed by atoms with E-state index < -0.39 is 0 Å². The van der Waals surface area contributed by atoms with Gasteiger partial charge >= 0.3 is 0 Å². The molecular weight excluding hydrogens is 327 g/mol. The van der Waals surface area contributed by atoms with Crippen LogP contribution in [0.5, 0.6) is 0 Å². The number of hydrogen-bond donors (Lipinski definition) is 0. The van der Waals surface area contributed by atoms with Crippen LogP contribution in [0, 0.1) is 19.7 Å². The van der Waals surface area contributed by atoms with Crippen molar-refractivity contribution in [1.82, 2.24) is 0 Å². The molecule has 0 N–H and O–H groups in total. The van der Waals surface area contributed by atoms with Gasteiger partial charge in [-0.1, -0.05) is 39.7 Å². The van der Waals surface area contributed by atoms with E-state index in [4.69, 9.17) is 11.6 Å². The number of alkyl halides is 1. The number of halogens is 3. The largest absolute Gasteiger partial charge is 0.207 e. The lowest BCUT2D eigenvalue weighted by atomic mass is 9.96. The summed E-state index contributed by atoms with van der Waals surface area (Å²) in [6, 6.07) is 11.0. The Morgan fingerprint density at radius 3 is 2.16 bits per heavy atom. The predicted molar refractivity (Wildman–Crippen MR) is 82.7 cm³/mol. The van der Waals surface area contributed by atoms with Crippen LogP contribution in [0.2, 0.25) is 5.02 Å². The number of hydrogen-bond acceptors (Lipinski definition) is 0. The quantitative estimate of drug-likeness (QED) is 0.621. The van der Waals surface area contributed by atoms with Crippen molar-refractivity contribution in [2.75, 3.05) is 0 Å². The van der Waals surface area contributed by atoms with Crippen LogP contribution in [-0.4, -0.2) is 0 Å². The molecule has 0 amide bonds. The van der Waals surface area contributed by atoms with Crippen molar-refractivity contribution in [2.24, 2.45) is 0 Å². The maximum Gasteiger partial charge on any atom is 0.123 e. The molecule has 0 aliphatic heterocycles. The third kappa shape index (κ3) is 3.58. The third-order valence-corrected chi connectivity index (χ3v) is 4.23. The van der Waals surface area contributed by atoms with Crippen molar-refractivity contribution >= 4 is 27.5 Å². The Hall–Kier alpha value is -0.860. The van der Waals surface area contributed by atoms with Crippen LogP contribution >= 0.6 is 27.5 Å². The van der Waals surface area contributed by atoms with E-state index in [-0.39, 0.29) is 10.6 Å². The molecule has 0 nitrogen and oxygen atoms in total. The lowest BCUT2D eigenvalue weighted by Crippen LogP contribution is -2.01. The zero-order valence-corrected chi connectivity index (χ0v) is 13.2. The van der Waals surface area contributed by atoms with Gasteiger partial charge < -0.3 is 0 Å². The molecule has 0 aliphatic rings. The van der Waals surface area contributed by atoms with Gasteiger partial charge in [0.05, 0.1) is 0 Å². The van der Waals surface area contributed by atoms with Crippen molar-refractivity contribution in [3.05, 3.63) is 69.5 Å². The molecule has 0 saturated heterocycles. The second-order valence-electron chi connectivity index (χ2n) is 4.75. The van der Waals surface area contributed by atoms with Crippen molar-refractivity contribution < 1.29 is 4.39 Å². The Morgan fingerprint density at radius 2 is 1.63 bits per heavy atom. The summed E-state index contributed by atoms with van der Waals surface area (Å²) in [6.45, 7) is 3.89. The molecule has 2 aromatic rings. The van der Waals surface area contributed by atoms with Gasteiger partial charge in [-0.3, -0.25) is 0 Å². The fourth-order valence-electron chi connectivity index (χ4n) is 2.35. The minimum Gasteiger partial charge on any atom is -0.207 e. The molecule has 0 saturated carbocycles. The molecule has 0 aromatic heterocycles. The molecule has 100 valence electrons. The van der Waals surface area contributed by atoms with Gasteiger partial charge in [-0.15, -0.1) is 0 Å². The van der Waals surface area contributed by atoms with Crippen LogP contribution in [0.1, 0.15) is 27.1 Å². The summed E-state index contributed by atoms with van der Waals surface area (Å²) in [6.07, 6.45) is 0.852. The first kappa shape index (κ1) is 14.5. The smallest absolute Gasteiger partial charge is 0.123 e. The van der Waals surface area contributed by atoms with E-state index in [1.807, 2.05) is 38.1 Å². The van der Waals surface area contributed by atoms with Crippen LogP contribution in [0.25, 0.3) is 0 Å². The van der Waals surface area contributed by atoms with Crippen molar-refractivity contribution in [2.45, 2.75) is 25.1 Å². The van der Waals surface area contributed by atoms with E-state index in [1.54, 1.807) is 12.1 Å². The van der Waals surface area contributed by atoms with Gasteiger partial charge in [-0.05, 0) is 66.8 Å². The number of benzene rings is 2. The summed E-state index contributed by atoms with van der Waals surface area (Å²) in [5, 5.41) is 0.740. The third-order valence-electron chi connectivity index (χ3n) is 3.20. The maximum absolute atomic E-state index is 13.3. The van der Waals surface area contributed by atoms with Crippen LogP contribution in [0.4, 0.5) is 4.39 Å². The van der Waals surface area contributed by atoms with Crippen molar-refractivity contribution in [3.8, 4) is 0 Å². The predicted octanol–water partition coefficient (Wildman–Crippen LogP) is 5.77. The normalized spacial score (nSPS) is 12.5. The molecule has 0 bridgehead atoms.